The molecule has 0 N–H and O–H groups in total. The summed E-state index contributed by atoms with van der Waals surface area (Å²) in [4.78, 5) is 2.43. The molecule has 0 aliphatic heterocycles. The molecule has 2 nitrogen and oxygen atoms in total. The van der Waals surface area contributed by atoms with E-state index in [2.05, 4.69) is 189 Å². The van der Waals surface area contributed by atoms with Crippen LogP contribution < -0.4 is 9.64 Å². The lowest BCUT2D eigenvalue weighted by molar-refractivity contribution is 0.480. The summed E-state index contributed by atoms with van der Waals surface area (Å²) < 4.78 is 6.30. The third-order valence-electron chi connectivity index (χ3n) is 11.7. The maximum Gasteiger partial charge on any atom is 0.130 e. The first kappa shape index (κ1) is 33.7. The number of aryl methyl sites for hydroxylation is 1. The number of hydrogen-bond acceptors (Lipinski definition) is 2. The van der Waals surface area contributed by atoms with Crippen molar-refractivity contribution in [2.45, 2.75) is 26.2 Å². The first-order valence-corrected chi connectivity index (χ1v) is 19.4. The van der Waals surface area contributed by atoms with Crippen molar-refractivity contribution in [3.8, 4) is 44.9 Å². The number of para-hydroxylation sites is 1. The Morgan fingerprint density at radius 3 is 1.75 bits per heavy atom. The fraction of sp³-hybridized carbons (Fsp3) is 0.0741. The quantitative estimate of drug-likeness (QED) is 0.163. The fourth-order valence-corrected chi connectivity index (χ4v) is 8.68. The second kappa shape index (κ2) is 13.4. The van der Waals surface area contributed by atoms with Crippen LogP contribution in [0.4, 0.5) is 17.1 Å². The predicted molar refractivity (Wildman–Crippen MR) is 236 cm³/mol. The lowest BCUT2D eigenvalue weighted by Crippen LogP contribution is -2.16. The van der Waals surface area contributed by atoms with Crippen molar-refractivity contribution in [2.75, 3.05) is 4.90 Å². The zero-order valence-electron chi connectivity index (χ0n) is 31.8. The lowest BCUT2D eigenvalue weighted by Gasteiger charge is -2.29. The summed E-state index contributed by atoms with van der Waals surface area (Å²) >= 11 is 0. The number of fused-ring (bicyclic) bond motifs is 5. The van der Waals surface area contributed by atoms with E-state index < -0.39 is 0 Å². The lowest BCUT2D eigenvalue weighted by atomic mass is 9.82. The first-order valence-electron chi connectivity index (χ1n) is 19.4. The Morgan fingerprint density at radius 1 is 0.446 bits per heavy atom. The number of rotatable bonds is 7. The van der Waals surface area contributed by atoms with Crippen LogP contribution in [0.5, 0.6) is 11.5 Å². The first-order chi connectivity index (χ1) is 27.4. The minimum Gasteiger partial charge on any atom is -0.457 e. The van der Waals surface area contributed by atoms with Gasteiger partial charge in [-0.05, 0) is 134 Å². The second-order valence-electron chi connectivity index (χ2n) is 15.4. The molecule has 0 amide bonds. The van der Waals surface area contributed by atoms with Crippen LogP contribution in [-0.2, 0) is 5.41 Å². The number of benzene rings is 9. The van der Waals surface area contributed by atoms with Gasteiger partial charge in [0, 0.05) is 22.4 Å². The highest BCUT2D eigenvalue weighted by atomic mass is 16.5. The standard InChI is InChI=1S/C54H41NO/c1-36-48-35-43(23-21-40(48)28-33-52(36)56-46-14-5-4-6-15-46)39-26-31-45(32-27-39)55(51-19-11-18-50-53(51)47-16-9-10-17-49(47)54(50,2)3)44-29-24-38(25-30-44)42-22-20-37-12-7-8-13-41(37)34-42/h4-35H,1-3H3. The van der Waals surface area contributed by atoms with E-state index >= 15 is 0 Å². The third kappa shape index (κ3) is 5.74. The van der Waals surface area contributed by atoms with E-state index in [4.69, 9.17) is 4.74 Å². The maximum atomic E-state index is 6.30. The maximum absolute atomic E-state index is 6.30. The molecule has 2 heteroatoms. The zero-order chi connectivity index (χ0) is 37.8. The highest BCUT2D eigenvalue weighted by Gasteiger charge is 2.37. The topological polar surface area (TPSA) is 12.5 Å². The smallest absolute Gasteiger partial charge is 0.130 e. The van der Waals surface area contributed by atoms with Crippen LogP contribution in [0.15, 0.2) is 194 Å². The molecule has 0 heterocycles. The van der Waals surface area contributed by atoms with Gasteiger partial charge >= 0.3 is 0 Å². The number of anilines is 3. The summed E-state index contributed by atoms with van der Waals surface area (Å²) in [6.45, 7) is 6.84. The molecule has 0 bridgehead atoms. The Balaban J connectivity index is 1.06. The Bertz CT molecular complexity index is 2910. The summed E-state index contributed by atoms with van der Waals surface area (Å²) in [7, 11) is 0. The van der Waals surface area contributed by atoms with Crippen molar-refractivity contribution in [3.63, 3.8) is 0 Å². The number of ether oxygens (including phenoxy) is 1. The molecule has 0 radical (unpaired) electrons. The molecule has 268 valence electrons. The largest absolute Gasteiger partial charge is 0.457 e. The number of nitrogens with zero attached hydrogens (tertiary/aromatic N) is 1. The Labute approximate surface area is 328 Å². The van der Waals surface area contributed by atoms with Crippen LogP contribution >= 0.6 is 0 Å². The summed E-state index contributed by atoms with van der Waals surface area (Å²) in [5, 5.41) is 4.89. The van der Waals surface area contributed by atoms with Gasteiger partial charge in [-0.3, -0.25) is 0 Å². The third-order valence-corrected chi connectivity index (χ3v) is 11.7. The van der Waals surface area contributed by atoms with E-state index in [9.17, 15) is 0 Å². The summed E-state index contributed by atoms with van der Waals surface area (Å²) in [5.74, 6) is 1.71. The molecular formula is C54H41NO. The summed E-state index contributed by atoms with van der Waals surface area (Å²) in [5.41, 5.74) is 14.5. The van der Waals surface area contributed by atoms with Crippen LogP contribution in [0.1, 0.15) is 30.5 Å². The average Bonchev–Trinajstić information content (AvgIpc) is 3.49. The van der Waals surface area contributed by atoms with Crippen molar-refractivity contribution in [3.05, 3.63) is 211 Å². The van der Waals surface area contributed by atoms with Gasteiger partial charge in [-0.25, -0.2) is 0 Å². The molecule has 0 atom stereocenters. The molecule has 0 spiro atoms. The van der Waals surface area contributed by atoms with Gasteiger partial charge in [0.15, 0.2) is 0 Å². The molecule has 1 aliphatic carbocycles. The second-order valence-corrected chi connectivity index (χ2v) is 15.4. The molecule has 1 aliphatic rings. The average molecular weight is 720 g/mol. The van der Waals surface area contributed by atoms with Crippen LogP contribution in [0.3, 0.4) is 0 Å². The summed E-state index contributed by atoms with van der Waals surface area (Å²) in [6.07, 6.45) is 0. The molecule has 0 fully saturated rings. The van der Waals surface area contributed by atoms with Crippen molar-refractivity contribution in [1.29, 1.82) is 0 Å². The van der Waals surface area contributed by atoms with E-state index in [0.717, 1.165) is 28.4 Å². The van der Waals surface area contributed by atoms with Crippen LogP contribution in [0, 0.1) is 6.92 Å². The van der Waals surface area contributed by atoms with Gasteiger partial charge in [0.1, 0.15) is 11.5 Å². The van der Waals surface area contributed by atoms with Gasteiger partial charge in [-0.15, -0.1) is 0 Å². The van der Waals surface area contributed by atoms with Crippen molar-refractivity contribution in [1.82, 2.24) is 0 Å². The highest BCUT2D eigenvalue weighted by molar-refractivity contribution is 5.96. The van der Waals surface area contributed by atoms with E-state index in [1.165, 1.54) is 71.7 Å². The minimum absolute atomic E-state index is 0.0996. The molecule has 0 saturated heterocycles. The Hall–Kier alpha value is -6.90. The fourth-order valence-electron chi connectivity index (χ4n) is 8.68. The zero-order valence-corrected chi connectivity index (χ0v) is 31.8. The van der Waals surface area contributed by atoms with Gasteiger partial charge in [0.25, 0.3) is 0 Å². The molecule has 0 aromatic heterocycles. The number of hydrogen-bond donors (Lipinski definition) is 0. The Kier molecular flexibility index (Phi) is 8.08. The van der Waals surface area contributed by atoms with Gasteiger partial charge < -0.3 is 9.64 Å². The highest BCUT2D eigenvalue weighted by Crippen LogP contribution is 2.54. The van der Waals surface area contributed by atoms with Gasteiger partial charge in [0.05, 0.1) is 5.69 Å². The van der Waals surface area contributed by atoms with Gasteiger partial charge in [-0.2, -0.15) is 0 Å². The van der Waals surface area contributed by atoms with Crippen molar-refractivity contribution >= 4 is 38.6 Å². The molecule has 56 heavy (non-hydrogen) atoms. The van der Waals surface area contributed by atoms with Crippen molar-refractivity contribution < 1.29 is 4.74 Å². The van der Waals surface area contributed by atoms with Gasteiger partial charge in [0.2, 0.25) is 0 Å². The normalized spacial score (nSPS) is 12.7. The van der Waals surface area contributed by atoms with Crippen LogP contribution in [0.25, 0.3) is 54.9 Å². The predicted octanol–water partition coefficient (Wildman–Crippen LogP) is 15.2. The monoisotopic (exact) mass is 719 g/mol. The molecule has 9 aromatic carbocycles. The van der Waals surface area contributed by atoms with E-state index in [0.29, 0.717) is 0 Å². The SMILES string of the molecule is Cc1c(Oc2ccccc2)ccc2ccc(-c3ccc(N(c4ccc(-c5ccc6ccccc6c5)cc4)c4cccc5c4-c4ccccc4C5(C)C)cc3)cc12. The molecule has 10 rings (SSSR count). The van der Waals surface area contributed by atoms with E-state index in [1.54, 1.807) is 0 Å². The summed E-state index contributed by atoms with van der Waals surface area (Å²) in [6, 6.07) is 70.1. The molecule has 9 aromatic rings. The molecule has 0 unspecified atom stereocenters. The van der Waals surface area contributed by atoms with Crippen LogP contribution in [-0.4, -0.2) is 0 Å². The van der Waals surface area contributed by atoms with E-state index in [-0.39, 0.29) is 5.41 Å². The molecule has 0 saturated carbocycles. The minimum atomic E-state index is -0.0996. The molecular weight excluding hydrogens is 679 g/mol. The van der Waals surface area contributed by atoms with Gasteiger partial charge in [-0.1, -0.05) is 147 Å². The Morgan fingerprint density at radius 2 is 1.02 bits per heavy atom. The van der Waals surface area contributed by atoms with Crippen molar-refractivity contribution in [2.24, 2.45) is 0 Å². The van der Waals surface area contributed by atoms with E-state index in [1.807, 2.05) is 30.3 Å². The van der Waals surface area contributed by atoms with Crippen LogP contribution in [0.2, 0.25) is 0 Å².